The average molecular weight is 387 g/mol. The number of aryl methyl sites for hydroxylation is 1. The third kappa shape index (κ3) is 6.99. The molecule has 0 spiro atoms. The van der Waals surface area contributed by atoms with Crippen LogP contribution in [-0.2, 0) is 6.42 Å². The SMILES string of the molecule is COc1ccc2c(c1)CCCN2CCCCCCCCCCN1CCCCC1. The van der Waals surface area contributed by atoms with Crippen LogP contribution in [-0.4, -0.2) is 44.7 Å². The molecule has 28 heavy (non-hydrogen) atoms. The molecule has 0 aliphatic carbocycles. The Bertz CT molecular complexity index is 553. The highest BCUT2D eigenvalue weighted by Crippen LogP contribution is 2.30. The number of likely N-dealkylation sites (tertiary alicyclic amines) is 1. The van der Waals surface area contributed by atoms with Crippen molar-refractivity contribution in [1.29, 1.82) is 0 Å². The van der Waals surface area contributed by atoms with Gasteiger partial charge in [-0.05, 0) is 81.9 Å². The van der Waals surface area contributed by atoms with Crippen molar-refractivity contribution in [2.75, 3.05) is 44.7 Å². The minimum atomic E-state index is 0.997. The molecule has 1 aromatic rings. The van der Waals surface area contributed by atoms with Crippen molar-refractivity contribution in [2.24, 2.45) is 0 Å². The van der Waals surface area contributed by atoms with Crippen molar-refractivity contribution >= 4 is 5.69 Å². The second kappa shape index (κ2) is 12.4. The van der Waals surface area contributed by atoms with Gasteiger partial charge in [0.1, 0.15) is 5.75 Å². The molecule has 3 nitrogen and oxygen atoms in total. The van der Waals surface area contributed by atoms with Gasteiger partial charge in [-0.2, -0.15) is 0 Å². The molecule has 0 amide bonds. The predicted octanol–water partition coefficient (Wildman–Crippen LogP) is 6.05. The van der Waals surface area contributed by atoms with E-state index in [1.807, 2.05) is 0 Å². The highest BCUT2D eigenvalue weighted by Gasteiger charge is 2.16. The van der Waals surface area contributed by atoms with Crippen LogP contribution < -0.4 is 9.64 Å². The van der Waals surface area contributed by atoms with E-state index >= 15 is 0 Å². The Morgan fingerprint density at radius 3 is 2.14 bits per heavy atom. The van der Waals surface area contributed by atoms with Gasteiger partial charge in [-0.3, -0.25) is 0 Å². The fourth-order valence-electron chi connectivity index (χ4n) is 4.89. The lowest BCUT2D eigenvalue weighted by atomic mass is 10.0. The van der Waals surface area contributed by atoms with Crippen molar-refractivity contribution in [1.82, 2.24) is 4.90 Å². The summed E-state index contributed by atoms with van der Waals surface area (Å²) < 4.78 is 5.39. The lowest BCUT2D eigenvalue weighted by Gasteiger charge is -2.31. The minimum absolute atomic E-state index is 0.997. The Morgan fingerprint density at radius 2 is 1.43 bits per heavy atom. The zero-order valence-electron chi connectivity index (χ0n) is 18.3. The Morgan fingerprint density at radius 1 is 0.750 bits per heavy atom. The highest BCUT2D eigenvalue weighted by atomic mass is 16.5. The van der Waals surface area contributed by atoms with Crippen molar-refractivity contribution < 1.29 is 4.74 Å². The van der Waals surface area contributed by atoms with Crippen LogP contribution >= 0.6 is 0 Å². The Balaban J connectivity index is 1.19. The quantitative estimate of drug-likeness (QED) is 0.406. The summed E-state index contributed by atoms with van der Waals surface area (Å²) in [6, 6.07) is 6.60. The van der Waals surface area contributed by atoms with Crippen molar-refractivity contribution in [3.8, 4) is 5.75 Å². The van der Waals surface area contributed by atoms with Crippen molar-refractivity contribution in [2.45, 2.75) is 83.5 Å². The van der Waals surface area contributed by atoms with Crippen LogP contribution in [0.15, 0.2) is 18.2 Å². The number of nitrogens with zero attached hydrogens (tertiary/aromatic N) is 2. The fraction of sp³-hybridized carbons (Fsp3) is 0.760. The smallest absolute Gasteiger partial charge is 0.119 e. The van der Waals surface area contributed by atoms with E-state index in [-0.39, 0.29) is 0 Å². The van der Waals surface area contributed by atoms with E-state index < -0.39 is 0 Å². The van der Waals surface area contributed by atoms with E-state index in [1.165, 1.54) is 127 Å². The van der Waals surface area contributed by atoms with Gasteiger partial charge in [0.2, 0.25) is 0 Å². The monoisotopic (exact) mass is 386 g/mol. The number of unbranched alkanes of at least 4 members (excludes halogenated alkanes) is 7. The van der Waals surface area contributed by atoms with Crippen LogP contribution in [0.1, 0.15) is 82.6 Å². The molecule has 158 valence electrons. The number of hydrogen-bond donors (Lipinski definition) is 0. The molecule has 0 saturated carbocycles. The van der Waals surface area contributed by atoms with Crippen LogP contribution in [0.4, 0.5) is 5.69 Å². The summed E-state index contributed by atoms with van der Waals surface area (Å²) >= 11 is 0. The average Bonchev–Trinajstić information content (AvgIpc) is 2.75. The summed E-state index contributed by atoms with van der Waals surface area (Å²) in [6.07, 6.45) is 18.1. The molecule has 1 saturated heterocycles. The van der Waals surface area contributed by atoms with Gasteiger partial charge in [-0.1, -0.05) is 44.9 Å². The molecule has 0 atom stereocenters. The van der Waals surface area contributed by atoms with E-state index in [1.54, 1.807) is 7.11 Å². The van der Waals surface area contributed by atoms with Gasteiger partial charge in [-0.15, -0.1) is 0 Å². The van der Waals surface area contributed by atoms with Gasteiger partial charge >= 0.3 is 0 Å². The van der Waals surface area contributed by atoms with Crippen molar-refractivity contribution in [3.05, 3.63) is 23.8 Å². The number of fused-ring (bicyclic) bond motifs is 1. The lowest BCUT2D eigenvalue weighted by molar-refractivity contribution is 0.224. The largest absolute Gasteiger partial charge is 0.497 e. The summed E-state index contributed by atoms with van der Waals surface area (Å²) in [4.78, 5) is 5.27. The topological polar surface area (TPSA) is 15.7 Å². The van der Waals surface area contributed by atoms with Crippen LogP contribution in [0.25, 0.3) is 0 Å². The highest BCUT2D eigenvalue weighted by molar-refractivity contribution is 5.58. The minimum Gasteiger partial charge on any atom is -0.497 e. The standard InChI is InChI=1S/C25H42N2O/c1-28-24-15-16-25-23(22-24)14-13-21-27(25)20-12-7-5-3-2-4-6-9-17-26-18-10-8-11-19-26/h15-16,22H,2-14,17-21H2,1H3. The molecule has 2 aliphatic heterocycles. The molecule has 0 aromatic heterocycles. The first-order chi connectivity index (χ1) is 13.9. The van der Waals surface area contributed by atoms with E-state index in [2.05, 4.69) is 28.0 Å². The molecule has 2 aliphatic rings. The Hall–Kier alpha value is -1.22. The third-order valence-corrected chi connectivity index (χ3v) is 6.60. The van der Waals surface area contributed by atoms with Gasteiger partial charge in [-0.25, -0.2) is 0 Å². The lowest BCUT2D eigenvalue weighted by Crippen LogP contribution is -2.30. The summed E-state index contributed by atoms with van der Waals surface area (Å²) in [5.74, 6) is 0.997. The maximum Gasteiger partial charge on any atom is 0.119 e. The predicted molar refractivity (Wildman–Crippen MR) is 121 cm³/mol. The number of anilines is 1. The summed E-state index contributed by atoms with van der Waals surface area (Å²) in [5, 5.41) is 0. The fourth-order valence-corrected chi connectivity index (χ4v) is 4.89. The van der Waals surface area contributed by atoms with Gasteiger partial charge in [0.25, 0.3) is 0 Å². The second-order valence-corrected chi connectivity index (χ2v) is 8.82. The van der Waals surface area contributed by atoms with E-state index in [0.717, 1.165) is 5.75 Å². The second-order valence-electron chi connectivity index (χ2n) is 8.82. The molecule has 0 N–H and O–H groups in total. The Kier molecular flexibility index (Phi) is 9.49. The first kappa shape index (κ1) is 21.5. The molecule has 3 rings (SSSR count). The Labute approximate surface area is 173 Å². The number of benzene rings is 1. The van der Waals surface area contributed by atoms with E-state index in [4.69, 9.17) is 4.74 Å². The van der Waals surface area contributed by atoms with Crippen LogP contribution in [0.5, 0.6) is 5.75 Å². The van der Waals surface area contributed by atoms with Crippen LogP contribution in [0.3, 0.4) is 0 Å². The first-order valence-corrected chi connectivity index (χ1v) is 12.0. The molecule has 1 aromatic carbocycles. The number of piperidine rings is 1. The molecular formula is C25H42N2O. The molecule has 2 heterocycles. The van der Waals surface area contributed by atoms with Crippen LogP contribution in [0.2, 0.25) is 0 Å². The molecular weight excluding hydrogens is 344 g/mol. The zero-order chi connectivity index (χ0) is 19.4. The maximum absolute atomic E-state index is 5.39. The number of hydrogen-bond acceptors (Lipinski definition) is 3. The summed E-state index contributed by atoms with van der Waals surface area (Å²) in [6.45, 7) is 6.50. The number of ether oxygens (including phenoxy) is 1. The van der Waals surface area contributed by atoms with E-state index in [0.29, 0.717) is 0 Å². The van der Waals surface area contributed by atoms with E-state index in [9.17, 15) is 0 Å². The van der Waals surface area contributed by atoms with Gasteiger partial charge in [0.15, 0.2) is 0 Å². The molecule has 0 unspecified atom stereocenters. The van der Waals surface area contributed by atoms with Gasteiger partial charge < -0.3 is 14.5 Å². The molecule has 0 radical (unpaired) electrons. The zero-order valence-corrected chi connectivity index (χ0v) is 18.3. The normalized spacial score (nSPS) is 17.5. The van der Waals surface area contributed by atoms with Gasteiger partial charge in [0.05, 0.1) is 7.11 Å². The maximum atomic E-state index is 5.39. The van der Waals surface area contributed by atoms with Gasteiger partial charge in [0, 0.05) is 18.8 Å². The van der Waals surface area contributed by atoms with Crippen molar-refractivity contribution in [3.63, 3.8) is 0 Å². The summed E-state index contributed by atoms with van der Waals surface area (Å²) in [7, 11) is 1.76. The number of methoxy groups -OCH3 is 1. The third-order valence-electron chi connectivity index (χ3n) is 6.60. The number of rotatable bonds is 12. The molecule has 0 bridgehead atoms. The molecule has 1 fully saturated rings. The molecule has 3 heteroatoms. The first-order valence-electron chi connectivity index (χ1n) is 12.0. The van der Waals surface area contributed by atoms with Crippen LogP contribution in [0, 0.1) is 0 Å². The summed E-state index contributed by atoms with van der Waals surface area (Å²) in [5.41, 5.74) is 2.91.